The minimum absolute atomic E-state index is 0.0614. The number of aliphatic hydroxyl groups is 1. The summed E-state index contributed by atoms with van der Waals surface area (Å²) >= 11 is 0. The van der Waals surface area contributed by atoms with Gasteiger partial charge in [-0.25, -0.2) is 0 Å². The summed E-state index contributed by atoms with van der Waals surface area (Å²) in [5.41, 5.74) is 2.13. The van der Waals surface area contributed by atoms with Crippen LogP contribution in [0.5, 0.6) is 0 Å². The van der Waals surface area contributed by atoms with Gasteiger partial charge in [-0.3, -0.25) is 4.79 Å². The fourth-order valence-electron chi connectivity index (χ4n) is 2.23. The van der Waals surface area contributed by atoms with E-state index in [1.165, 1.54) is 0 Å². The lowest BCUT2D eigenvalue weighted by Crippen LogP contribution is -2.40. The molecule has 2 rings (SSSR count). The second-order valence-corrected chi connectivity index (χ2v) is 4.82. The van der Waals surface area contributed by atoms with E-state index in [-0.39, 0.29) is 11.9 Å². The normalized spacial score (nSPS) is 22.4. The molecule has 1 heterocycles. The molecule has 5 heteroatoms. The summed E-state index contributed by atoms with van der Waals surface area (Å²) < 4.78 is 5.08. The van der Waals surface area contributed by atoms with Crippen molar-refractivity contribution in [2.24, 2.45) is 0 Å². The number of carbonyl (C=O) groups excluding carboxylic acids is 1. The molecule has 19 heavy (non-hydrogen) atoms. The van der Waals surface area contributed by atoms with Crippen LogP contribution in [0.4, 0.5) is 0 Å². The van der Waals surface area contributed by atoms with E-state index in [0.717, 1.165) is 11.1 Å². The second-order valence-electron chi connectivity index (χ2n) is 4.82. The van der Waals surface area contributed by atoms with Crippen LogP contribution in [-0.4, -0.2) is 36.8 Å². The third kappa shape index (κ3) is 4.02. The molecule has 0 saturated carbocycles. The first kappa shape index (κ1) is 14.0. The van der Waals surface area contributed by atoms with E-state index in [2.05, 4.69) is 10.6 Å². The first-order valence-corrected chi connectivity index (χ1v) is 6.45. The van der Waals surface area contributed by atoms with Gasteiger partial charge < -0.3 is 20.5 Å². The number of ether oxygens (including phenoxy) is 1. The van der Waals surface area contributed by atoms with Crippen molar-refractivity contribution in [3.8, 4) is 0 Å². The van der Waals surface area contributed by atoms with E-state index in [9.17, 15) is 9.90 Å². The minimum Gasteiger partial charge on any atom is -0.392 e. The van der Waals surface area contributed by atoms with E-state index >= 15 is 0 Å². The number of amides is 1. The highest BCUT2D eigenvalue weighted by atomic mass is 16.5. The summed E-state index contributed by atoms with van der Waals surface area (Å²) in [5.74, 6) is -0.0614. The van der Waals surface area contributed by atoms with E-state index in [1.807, 2.05) is 24.3 Å². The zero-order valence-electron chi connectivity index (χ0n) is 11.1. The summed E-state index contributed by atoms with van der Waals surface area (Å²) in [6.07, 6.45) is 0.0658. The molecule has 1 aromatic rings. The first-order chi connectivity index (χ1) is 9.19. The molecule has 0 spiro atoms. The maximum absolute atomic E-state index is 11.9. The SMILES string of the molecule is COCc1cccc(CNC(=O)[C@@H]2C[C@H](O)CN2)c1. The van der Waals surface area contributed by atoms with Crippen LogP contribution in [0.15, 0.2) is 24.3 Å². The zero-order chi connectivity index (χ0) is 13.7. The number of rotatable bonds is 5. The maximum Gasteiger partial charge on any atom is 0.237 e. The Balaban J connectivity index is 1.84. The first-order valence-electron chi connectivity index (χ1n) is 6.45. The van der Waals surface area contributed by atoms with Gasteiger partial charge in [-0.15, -0.1) is 0 Å². The molecule has 104 valence electrons. The van der Waals surface area contributed by atoms with Crippen molar-refractivity contribution in [3.63, 3.8) is 0 Å². The molecule has 1 aromatic carbocycles. The Labute approximate surface area is 113 Å². The topological polar surface area (TPSA) is 70.6 Å². The molecule has 1 aliphatic heterocycles. The van der Waals surface area contributed by atoms with E-state index in [0.29, 0.717) is 26.1 Å². The number of methoxy groups -OCH3 is 1. The van der Waals surface area contributed by atoms with Crippen molar-refractivity contribution < 1.29 is 14.6 Å². The molecule has 1 fully saturated rings. The summed E-state index contributed by atoms with van der Waals surface area (Å²) in [6.45, 7) is 1.55. The second kappa shape index (κ2) is 6.65. The number of carbonyl (C=O) groups is 1. The van der Waals surface area contributed by atoms with E-state index < -0.39 is 6.10 Å². The van der Waals surface area contributed by atoms with Gasteiger partial charge in [0.1, 0.15) is 0 Å². The fourth-order valence-corrected chi connectivity index (χ4v) is 2.23. The van der Waals surface area contributed by atoms with Gasteiger partial charge in [-0.05, 0) is 17.5 Å². The van der Waals surface area contributed by atoms with Crippen molar-refractivity contribution in [2.75, 3.05) is 13.7 Å². The highest BCUT2D eigenvalue weighted by Gasteiger charge is 2.27. The number of β-amino-alcohol motifs (C(OH)–C–C–N with tert-alkyl or cyclic N) is 1. The maximum atomic E-state index is 11.9. The van der Waals surface area contributed by atoms with E-state index in [1.54, 1.807) is 7.11 Å². The van der Waals surface area contributed by atoms with Crippen LogP contribution < -0.4 is 10.6 Å². The van der Waals surface area contributed by atoms with Gasteiger partial charge in [-0.2, -0.15) is 0 Å². The van der Waals surface area contributed by atoms with Gasteiger partial charge in [0.2, 0.25) is 5.91 Å². The monoisotopic (exact) mass is 264 g/mol. The van der Waals surface area contributed by atoms with Crippen LogP contribution >= 0.6 is 0 Å². The Morgan fingerprint density at radius 1 is 1.53 bits per heavy atom. The summed E-state index contributed by atoms with van der Waals surface area (Å²) in [7, 11) is 1.66. The van der Waals surface area contributed by atoms with Gasteiger partial charge in [0, 0.05) is 20.2 Å². The molecule has 5 nitrogen and oxygen atoms in total. The molecule has 3 N–H and O–H groups in total. The standard InChI is InChI=1S/C14H20N2O3/c1-19-9-11-4-2-3-10(5-11)7-16-14(18)13-6-12(17)8-15-13/h2-5,12-13,15,17H,6-9H2,1H3,(H,16,18)/t12-,13-/m0/s1. The summed E-state index contributed by atoms with van der Waals surface area (Å²) in [4.78, 5) is 11.9. The molecular formula is C14H20N2O3. The van der Waals surface area contributed by atoms with Crippen LogP contribution in [0.3, 0.4) is 0 Å². The minimum atomic E-state index is -0.416. The van der Waals surface area contributed by atoms with Gasteiger partial charge in [0.15, 0.2) is 0 Å². The summed E-state index contributed by atoms with van der Waals surface area (Å²) in [6, 6.07) is 7.64. The number of aliphatic hydroxyl groups excluding tert-OH is 1. The quantitative estimate of drug-likeness (QED) is 0.709. The number of hydrogen-bond acceptors (Lipinski definition) is 4. The molecule has 2 atom stereocenters. The Hall–Kier alpha value is -1.43. The molecule has 0 radical (unpaired) electrons. The highest BCUT2D eigenvalue weighted by Crippen LogP contribution is 2.08. The van der Waals surface area contributed by atoms with Crippen molar-refractivity contribution in [2.45, 2.75) is 31.7 Å². The fraction of sp³-hybridized carbons (Fsp3) is 0.500. The number of hydrogen-bond donors (Lipinski definition) is 3. The van der Waals surface area contributed by atoms with Crippen molar-refractivity contribution in [1.82, 2.24) is 10.6 Å². The molecule has 1 aliphatic rings. The molecular weight excluding hydrogens is 244 g/mol. The molecule has 0 aliphatic carbocycles. The Morgan fingerprint density at radius 3 is 3.00 bits per heavy atom. The molecule has 1 saturated heterocycles. The predicted molar refractivity (Wildman–Crippen MR) is 71.4 cm³/mol. The van der Waals surface area contributed by atoms with Gasteiger partial charge in [0.25, 0.3) is 0 Å². The van der Waals surface area contributed by atoms with Crippen LogP contribution in [0.25, 0.3) is 0 Å². The Bertz CT molecular complexity index is 436. The zero-order valence-corrected chi connectivity index (χ0v) is 11.1. The van der Waals surface area contributed by atoms with Crippen LogP contribution in [-0.2, 0) is 22.7 Å². The third-order valence-corrected chi connectivity index (χ3v) is 3.19. The number of benzene rings is 1. The van der Waals surface area contributed by atoms with Gasteiger partial charge in [-0.1, -0.05) is 24.3 Å². The predicted octanol–water partition coefficient (Wildman–Crippen LogP) is 0.172. The van der Waals surface area contributed by atoms with Crippen molar-refractivity contribution in [1.29, 1.82) is 0 Å². The van der Waals surface area contributed by atoms with Crippen LogP contribution in [0.2, 0.25) is 0 Å². The molecule has 1 amide bonds. The Kier molecular flexibility index (Phi) is 4.90. The van der Waals surface area contributed by atoms with E-state index in [4.69, 9.17) is 4.74 Å². The van der Waals surface area contributed by atoms with Gasteiger partial charge in [0.05, 0.1) is 18.8 Å². The largest absolute Gasteiger partial charge is 0.392 e. The Morgan fingerprint density at radius 2 is 2.32 bits per heavy atom. The van der Waals surface area contributed by atoms with Crippen molar-refractivity contribution >= 4 is 5.91 Å². The lowest BCUT2D eigenvalue weighted by molar-refractivity contribution is -0.123. The number of nitrogens with one attached hydrogen (secondary N) is 2. The average Bonchev–Trinajstić information content (AvgIpc) is 2.84. The van der Waals surface area contributed by atoms with Gasteiger partial charge >= 0.3 is 0 Å². The highest BCUT2D eigenvalue weighted by molar-refractivity contribution is 5.82. The lowest BCUT2D eigenvalue weighted by Gasteiger charge is -2.11. The molecule has 0 unspecified atom stereocenters. The molecule has 0 aromatic heterocycles. The van der Waals surface area contributed by atoms with Crippen LogP contribution in [0, 0.1) is 0 Å². The van der Waals surface area contributed by atoms with Crippen molar-refractivity contribution in [3.05, 3.63) is 35.4 Å². The third-order valence-electron chi connectivity index (χ3n) is 3.19. The molecule has 0 bridgehead atoms. The lowest BCUT2D eigenvalue weighted by atomic mass is 10.1. The average molecular weight is 264 g/mol. The smallest absolute Gasteiger partial charge is 0.237 e. The summed E-state index contributed by atoms with van der Waals surface area (Å²) in [5, 5.41) is 15.2. The van der Waals surface area contributed by atoms with Crippen LogP contribution in [0.1, 0.15) is 17.5 Å².